The minimum Gasteiger partial charge on any atom is -0.480 e. The number of carboxylic acids is 1. The highest BCUT2D eigenvalue weighted by atomic mass is 35.5. The molecule has 0 saturated carbocycles. The van der Waals surface area contributed by atoms with Crippen LogP contribution in [0.3, 0.4) is 0 Å². The standard InChI is InChI=1S/C21H26ClN2O4PS2/c1-12(2)31(28)10-9-23(3)16-8-6-14-19(27)13-5-7-15(22)20(30-4)18(13)24(11-17(25)26)21(14)29-16/h5-8,12,16,29H,9-11H2,1-4H3,(H,25,26). The molecule has 3 atom stereocenters. The summed E-state index contributed by atoms with van der Waals surface area (Å²) in [7, 11) is 1.25. The number of fused-ring (bicyclic) bond motifs is 2. The predicted octanol–water partition coefficient (Wildman–Crippen LogP) is 3.21. The average molecular weight is 501 g/mol. The van der Waals surface area contributed by atoms with Gasteiger partial charge in [0.15, 0.2) is 5.43 Å². The van der Waals surface area contributed by atoms with Gasteiger partial charge in [-0.25, -0.2) is 0 Å². The smallest absolute Gasteiger partial charge is 0.323 e. The number of halogens is 1. The number of aliphatic carboxylic acids is 1. The van der Waals surface area contributed by atoms with E-state index < -0.39 is 16.8 Å². The molecule has 2 aromatic rings. The Labute approximate surface area is 195 Å². The molecule has 0 radical (unpaired) electrons. The van der Waals surface area contributed by atoms with E-state index in [1.807, 2.05) is 33.2 Å². The second kappa shape index (κ2) is 10.2. The van der Waals surface area contributed by atoms with Crippen LogP contribution < -0.4 is 10.9 Å². The van der Waals surface area contributed by atoms with E-state index in [1.165, 1.54) is 11.8 Å². The van der Waals surface area contributed by atoms with Crippen molar-refractivity contribution < 1.29 is 14.1 Å². The molecule has 0 amide bonds. The molecule has 10 heteroatoms. The number of hydrogen-bond acceptors (Lipinski definition) is 5. The Morgan fingerprint density at radius 2 is 2.13 bits per heavy atom. The topological polar surface area (TPSA) is 79.6 Å². The van der Waals surface area contributed by atoms with Gasteiger partial charge in [0.2, 0.25) is 0 Å². The molecule has 168 valence electrons. The first-order valence-electron chi connectivity index (χ1n) is 9.82. The summed E-state index contributed by atoms with van der Waals surface area (Å²) in [4.78, 5) is 27.8. The number of likely N-dealkylation sites (N-methyl/N-ethyl adjacent to an activating group) is 1. The zero-order valence-electron chi connectivity index (χ0n) is 17.8. The van der Waals surface area contributed by atoms with E-state index in [2.05, 4.69) is 4.90 Å². The molecule has 3 rings (SSSR count). The van der Waals surface area contributed by atoms with Gasteiger partial charge in [-0.05, 0) is 34.0 Å². The predicted molar refractivity (Wildman–Crippen MR) is 134 cm³/mol. The molecule has 0 bridgehead atoms. The van der Waals surface area contributed by atoms with Crippen LogP contribution in [0.25, 0.3) is 17.0 Å². The van der Waals surface area contributed by atoms with Crippen molar-refractivity contribution in [2.24, 2.45) is 0 Å². The summed E-state index contributed by atoms with van der Waals surface area (Å²) < 4.78 is 13.9. The van der Waals surface area contributed by atoms with Gasteiger partial charge in [0, 0.05) is 39.3 Å². The van der Waals surface area contributed by atoms with Crippen molar-refractivity contribution in [3.63, 3.8) is 0 Å². The van der Waals surface area contributed by atoms with E-state index in [9.17, 15) is 18.9 Å². The highest BCUT2D eigenvalue weighted by molar-refractivity contribution is 7.99. The summed E-state index contributed by atoms with van der Waals surface area (Å²) in [6, 6.07) is 3.36. The van der Waals surface area contributed by atoms with Crippen LogP contribution >= 0.6 is 31.9 Å². The van der Waals surface area contributed by atoms with Gasteiger partial charge in [-0.1, -0.05) is 37.6 Å². The Hall–Kier alpha value is -1.18. The van der Waals surface area contributed by atoms with Crippen molar-refractivity contribution in [2.45, 2.75) is 36.3 Å². The van der Waals surface area contributed by atoms with Crippen LogP contribution in [0.4, 0.5) is 0 Å². The van der Waals surface area contributed by atoms with Gasteiger partial charge in [0.1, 0.15) is 6.54 Å². The van der Waals surface area contributed by atoms with Gasteiger partial charge in [-0.3, -0.25) is 18.7 Å². The maximum absolute atomic E-state index is 13.2. The minimum absolute atomic E-state index is 0.00507. The van der Waals surface area contributed by atoms with Gasteiger partial charge in [-0.15, -0.1) is 11.8 Å². The normalized spacial score (nSPS) is 17.6. The summed E-state index contributed by atoms with van der Waals surface area (Å²) in [6.45, 7) is 4.29. The minimum atomic E-state index is -0.976. The lowest BCUT2D eigenvalue weighted by molar-refractivity contribution is -0.137. The van der Waals surface area contributed by atoms with E-state index in [-0.39, 0.29) is 31.6 Å². The fraction of sp³-hybridized carbons (Fsp3) is 0.429. The van der Waals surface area contributed by atoms with E-state index in [4.69, 9.17) is 11.6 Å². The molecule has 31 heavy (non-hydrogen) atoms. The molecule has 1 aromatic heterocycles. The number of carboxylic acid groups (broad SMARTS) is 1. The van der Waals surface area contributed by atoms with Crippen LogP contribution in [-0.2, 0) is 22.1 Å². The summed E-state index contributed by atoms with van der Waals surface area (Å²) >= 11 is 7.79. The van der Waals surface area contributed by atoms with Gasteiger partial charge < -0.3 is 9.67 Å². The van der Waals surface area contributed by atoms with Gasteiger partial charge in [0.25, 0.3) is 0 Å². The maximum atomic E-state index is 13.2. The quantitative estimate of drug-likeness (QED) is 0.443. The number of carbonyl (C=O) groups is 1. The zero-order valence-corrected chi connectivity index (χ0v) is 21.2. The third kappa shape index (κ3) is 5.09. The molecule has 6 nitrogen and oxygen atoms in total. The Morgan fingerprint density at radius 3 is 2.74 bits per heavy atom. The molecule has 1 N–H and O–H groups in total. The van der Waals surface area contributed by atoms with Crippen LogP contribution in [0.15, 0.2) is 27.9 Å². The SMILES string of the molecule is CSc1c(Cl)ccc2c(=O)c3c(n(CC(=O)O)c12)PC(N(C)CCS(=O)C(C)C)C=C3. The van der Waals surface area contributed by atoms with Gasteiger partial charge >= 0.3 is 5.97 Å². The first kappa shape index (κ1) is 24.5. The van der Waals surface area contributed by atoms with Crippen molar-refractivity contribution in [3.8, 4) is 0 Å². The fourth-order valence-corrected chi connectivity index (χ4v) is 7.07. The summed E-state index contributed by atoms with van der Waals surface area (Å²) in [5.41, 5.74) is 1.74. The lowest BCUT2D eigenvalue weighted by Gasteiger charge is -2.31. The van der Waals surface area contributed by atoms with Crippen molar-refractivity contribution in [1.29, 1.82) is 0 Å². The summed E-state index contributed by atoms with van der Waals surface area (Å²) in [6.07, 6.45) is 5.66. The second-order valence-electron chi connectivity index (χ2n) is 7.61. The Balaban J connectivity index is 2.09. The number of nitrogens with zero attached hydrogens (tertiary/aromatic N) is 2. The highest BCUT2D eigenvalue weighted by Gasteiger charge is 2.26. The maximum Gasteiger partial charge on any atom is 0.323 e. The molecule has 0 saturated heterocycles. The third-order valence-corrected chi connectivity index (χ3v) is 9.87. The highest BCUT2D eigenvalue weighted by Crippen LogP contribution is 2.35. The van der Waals surface area contributed by atoms with E-state index in [1.54, 1.807) is 22.8 Å². The second-order valence-corrected chi connectivity index (χ2v) is 12.3. The Kier molecular flexibility index (Phi) is 8.03. The van der Waals surface area contributed by atoms with E-state index >= 15 is 0 Å². The van der Waals surface area contributed by atoms with Gasteiger partial charge in [-0.2, -0.15) is 0 Å². The molecule has 1 aromatic carbocycles. The molecule has 3 unspecified atom stereocenters. The lowest BCUT2D eigenvalue weighted by atomic mass is 10.1. The Morgan fingerprint density at radius 1 is 1.42 bits per heavy atom. The average Bonchev–Trinajstić information content (AvgIpc) is 2.73. The van der Waals surface area contributed by atoms with Crippen LogP contribution in [0.5, 0.6) is 0 Å². The molecular formula is C21H26ClN2O4PS2. The number of hydrogen-bond donors (Lipinski definition) is 1. The molecule has 1 aliphatic rings. The molecule has 1 aliphatic heterocycles. The van der Waals surface area contributed by atoms with Crippen molar-refractivity contribution in [2.75, 3.05) is 25.6 Å². The van der Waals surface area contributed by atoms with Gasteiger partial charge in [0.05, 0.1) is 26.7 Å². The largest absolute Gasteiger partial charge is 0.480 e. The molecule has 2 heterocycles. The summed E-state index contributed by atoms with van der Waals surface area (Å²) in [5, 5.41) is 10.7. The van der Waals surface area contributed by atoms with Crippen LogP contribution in [0, 0.1) is 0 Å². The molecular weight excluding hydrogens is 475 g/mol. The number of benzene rings is 1. The molecule has 0 fully saturated rings. The van der Waals surface area contributed by atoms with Crippen molar-refractivity contribution >= 4 is 71.1 Å². The molecule has 0 spiro atoms. The van der Waals surface area contributed by atoms with Crippen molar-refractivity contribution in [1.82, 2.24) is 9.47 Å². The third-order valence-electron chi connectivity index (χ3n) is 5.24. The Bertz CT molecular complexity index is 1130. The van der Waals surface area contributed by atoms with E-state index in [0.717, 1.165) is 5.44 Å². The summed E-state index contributed by atoms with van der Waals surface area (Å²) in [5.74, 6) is -0.400. The first-order chi connectivity index (χ1) is 14.6. The van der Waals surface area contributed by atoms with Crippen molar-refractivity contribution in [3.05, 3.63) is 39.0 Å². The number of rotatable bonds is 8. The number of pyridine rings is 1. The fourth-order valence-electron chi connectivity index (χ4n) is 3.55. The number of thioether (sulfide) groups is 1. The molecule has 0 aliphatic carbocycles. The van der Waals surface area contributed by atoms with Crippen LogP contribution in [0.2, 0.25) is 5.02 Å². The number of aromatic nitrogens is 1. The van der Waals surface area contributed by atoms with E-state index in [0.29, 0.717) is 38.7 Å². The van der Waals surface area contributed by atoms with Crippen LogP contribution in [0.1, 0.15) is 19.4 Å². The lowest BCUT2D eigenvalue weighted by Crippen LogP contribution is -2.38. The first-order valence-corrected chi connectivity index (χ1v) is 13.9. The van der Waals surface area contributed by atoms with Crippen LogP contribution in [-0.4, -0.2) is 61.4 Å². The zero-order chi connectivity index (χ0) is 22.9. The monoisotopic (exact) mass is 500 g/mol.